The number of hydrogen-bond acceptors (Lipinski definition) is 0. The molecule has 0 amide bonds. The molecule has 8 heavy (non-hydrogen) atoms. The summed E-state index contributed by atoms with van der Waals surface area (Å²) >= 11 is 3.14. The van der Waals surface area contributed by atoms with Crippen LogP contribution in [0.5, 0.6) is 0 Å². The van der Waals surface area contributed by atoms with E-state index in [0.717, 1.165) is 6.42 Å². The predicted octanol–water partition coefficient (Wildman–Crippen LogP) is 3.03. The van der Waals surface area contributed by atoms with Crippen LogP contribution in [0.4, 0.5) is 0 Å². The standard InChI is InChI=1S/C7H9Br/c1-2-3-4-5-6-7-8/h2,4-7H,1,3H2/b5-4-,7-6+. The van der Waals surface area contributed by atoms with Gasteiger partial charge in [0.15, 0.2) is 0 Å². The van der Waals surface area contributed by atoms with Crippen molar-refractivity contribution in [3.63, 3.8) is 0 Å². The molecule has 0 aromatic rings. The molecule has 0 saturated heterocycles. The van der Waals surface area contributed by atoms with Crippen molar-refractivity contribution < 1.29 is 0 Å². The highest BCUT2D eigenvalue weighted by molar-refractivity contribution is 9.11. The average Bonchev–Trinajstić information content (AvgIpc) is 1.81. The Morgan fingerprint density at radius 1 is 1.38 bits per heavy atom. The highest BCUT2D eigenvalue weighted by atomic mass is 79.9. The zero-order chi connectivity index (χ0) is 6.24. The van der Waals surface area contributed by atoms with Crippen molar-refractivity contribution in [3.8, 4) is 0 Å². The summed E-state index contributed by atoms with van der Waals surface area (Å²) in [6.07, 6.45) is 8.72. The molecule has 0 unspecified atom stereocenters. The minimum atomic E-state index is 0.942. The van der Waals surface area contributed by atoms with Gasteiger partial charge in [-0.1, -0.05) is 40.2 Å². The van der Waals surface area contributed by atoms with E-state index in [-0.39, 0.29) is 0 Å². The highest BCUT2D eigenvalue weighted by Crippen LogP contribution is 1.86. The van der Waals surface area contributed by atoms with Crippen LogP contribution in [-0.2, 0) is 0 Å². The number of halogens is 1. The van der Waals surface area contributed by atoms with Crippen LogP contribution in [-0.4, -0.2) is 0 Å². The van der Waals surface area contributed by atoms with Gasteiger partial charge in [-0.15, -0.1) is 6.58 Å². The lowest BCUT2D eigenvalue weighted by Gasteiger charge is -1.72. The molecular formula is C7H9Br. The number of hydrogen-bond donors (Lipinski definition) is 0. The van der Waals surface area contributed by atoms with E-state index in [0.29, 0.717) is 0 Å². The van der Waals surface area contributed by atoms with Gasteiger partial charge in [0.05, 0.1) is 0 Å². The van der Waals surface area contributed by atoms with Gasteiger partial charge in [0, 0.05) is 0 Å². The van der Waals surface area contributed by atoms with E-state index in [1.807, 2.05) is 29.3 Å². The molecule has 0 atom stereocenters. The molecular weight excluding hydrogens is 164 g/mol. The molecule has 0 rings (SSSR count). The molecule has 0 spiro atoms. The lowest BCUT2D eigenvalue weighted by Crippen LogP contribution is -1.51. The molecule has 0 saturated carbocycles. The smallest absolute Gasteiger partial charge is 0.0169 e. The Kier molecular flexibility index (Phi) is 6.45. The second kappa shape index (κ2) is 6.70. The molecule has 44 valence electrons. The van der Waals surface area contributed by atoms with E-state index < -0.39 is 0 Å². The molecule has 0 aromatic heterocycles. The van der Waals surface area contributed by atoms with Crippen LogP contribution in [0.25, 0.3) is 0 Å². The lowest BCUT2D eigenvalue weighted by atomic mass is 10.4. The maximum absolute atomic E-state index is 3.57. The van der Waals surface area contributed by atoms with E-state index in [4.69, 9.17) is 0 Å². The zero-order valence-electron chi connectivity index (χ0n) is 4.68. The SMILES string of the molecule is C=CC/C=C\C=C\Br. The van der Waals surface area contributed by atoms with Crippen LogP contribution in [0.1, 0.15) is 6.42 Å². The Bertz CT molecular complexity index is 101. The quantitative estimate of drug-likeness (QED) is 0.454. The first kappa shape index (κ1) is 7.70. The molecule has 0 radical (unpaired) electrons. The summed E-state index contributed by atoms with van der Waals surface area (Å²) in [7, 11) is 0. The first-order valence-electron chi connectivity index (χ1n) is 2.44. The van der Waals surface area contributed by atoms with E-state index >= 15 is 0 Å². The van der Waals surface area contributed by atoms with Gasteiger partial charge in [0.2, 0.25) is 0 Å². The molecule has 0 bridgehead atoms. The molecule has 0 aliphatic carbocycles. The van der Waals surface area contributed by atoms with Gasteiger partial charge < -0.3 is 0 Å². The van der Waals surface area contributed by atoms with Crippen molar-refractivity contribution >= 4 is 15.9 Å². The average molecular weight is 173 g/mol. The van der Waals surface area contributed by atoms with Crippen molar-refractivity contribution in [3.05, 3.63) is 35.9 Å². The topological polar surface area (TPSA) is 0 Å². The summed E-state index contributed by atoms with van der Waals surface area (Å²) < 4.78 is 0. The molecule has 0 aliphatic rings. The number of allylic oxidation sites excluding steroid dienone is 4. The first-order chi connectivity index (χ1) is 3.91. The Hall–Kier alpha value is -0.300. The van der Waals surface area contributed by atoms with Crippen LogP contribution in [0.15, 0.2) is 35.9 Å². The molecule has 0 N–H and O–H groups in total. The fraction of sp³-hybridized carbons (Fsp3) is 0.143. The van der Waals surface area contributed by atoms with E-state index in [1.54, 1.807) is 0 Å². The zero-order valence-corrected chi connectivity index (χ0v) is 6.26. The fourth-order valence-electron chi connectivity index (χ4n) is 0.295. The lowest BCUT2D eigenvalue weighted by molar-refractivity contribution is 1.41. The maximum Gasteiger partial charge on any atom is -0.0169 e. The first-order valence-corrected chi connectivity index (χ1v) is 3.36. The summed E-state index contributed by atoms with van der Waals surface area (Å²) in [6.45, 7) is 3.57. The Morgan fingerprint density at radius 2 is 2.12 bits per heavy atom. The van der Waals surface area contributed by atoms with Gasteiger partial charge in [-0.2, -0.15) is 0 Å². The van der Waals surface area contributed by atoms with Gasteiger partial charge in [0.1, 0.15) is 0 Å². The summed E-state index contributed by atoms with van der Waals surface area (Å²) in [5.74, 6) is 0. The minimum Gasteiger partial charge on any atom is -0.103 e. The van der Waals surface area contributed by atoms with Gasteiger partial charge in [-0.05, 0) is 11.4 Å². The third-order valence-electron chi connectivity index (χ3n) is 0.623. The monoisotopic (exact) mass is 172 g/mol. The van der Waals surface area contributed by atoms with Crippen molar-refractivity contribution in [2.45, 2.75) is 6.42 Å². The van der Waals surface area contributed by atoms with E-state index in [9.17, 15) is 0 Å². The molecule has 0 heterocycles. The largest absolute Gasteiger partial charge is 0.103 e. The van der Waals surface area contributed by atoms with Crippen molar-refractivity contribution in [1.82, 2.24) is 0 Å². The fourth-order valence-corrected chi connectivity index (χ4v) is 0.472. The van der Waals surface area contributed by atoms with Gasteiger partial charge in [0.25, 0.3) is 0 Å². The molecule has 0 fully saturated rings. The van der Waals surface area contributed by atoms with Gasteiger partial charge in [-0.25, -0.2) is 0 Å². The van der Waals surface area contributed by atoms with Crippen molar-refractivity contribution in [2.75, 3.05) is 0 Å². The summed E-state index contributed by atoms with van der Waals surface area (Å²) in [5.41, 5.74) is 0. The third kappa shape index (κ3) is 5.70. The third-order valence-corrected chi connectivity index (χ3v) is 0.928. The normalized spacial score (nSPS) is 11.1. The van der Waals surface area contributed by atoms with Crippen LogP contribution < -0.4 is 0 Å². The van der Waals surface area contributed by atoms with Crippen LogP contribution in [0, 0.1) is 0 Å². The highest BCUT2D eigenvalue weighted by Gasteiger charge is 1.62. The van der Waals surface area contributed by atoms with E-state index in [1.165, 1.54) is 0 Å². The Morgan fingerprint density at radius 3 is 2.62 bits per heavy atom. The second-order valence-corrected chi connectivity index (χ2v) is 1.80. The summed E-state index contributed by atoms with van der Waals surface area (Å²) in [5, 5.41) is 0. The Labute approximate surface area is 58.7 Å². The maximum atomic E-state index is 3.57. The summed E-state index contributed by atoms with van der Waals surface area (Å²) in [6, 6.07) is 0. The van der Waals surface area contributed by atoms with Crippen molar-refractivity contribution in [2.24, 2.45) is 0 Å². The summed E-state index contributed by atoms with van der Waals surface area (Å²) in [4.78, 5) is 1.81. The Balaban J connectivity index is 3.19. The molecule has 0 aromatic carbocycles. The van der Waals surface area contributed by atoms with Gasteiger partial charge in [-0.3, -0.25) is 0 Å². The van der Waals surface area contributed by atoms with Crippen molar-refractivity contribution in [1.29, 1.82) is 0 Å². The number of rotatable bonds is 3. The predicted molar refractivity (Wildman–Crippen MR) is 42.0 cm³/mol. The molecule has 0 nitrogen and oxygen atoms in total. The van der Waals surface area contributed by atoms with E-state index in [2.05, 4.69) is 22.5 Å². The minimum absolute atomic E-state index is 0.942. The van der Waals surface area contributed by atoms with Crippen LogP contribution >= 0.6 is 15.9 Å². The molecule has 0 aliphatic heterocycles. The van der Waals surface area contributed by atoms with Gasteiger partial charge >= 0.3 is 0 Å². The van der Waals surface area contributed by atoms with Crippen LogP contribution in [0.3, 0.4) is 0 Å². The molecule has 1 heteroatoms. The second-order valence-electron chi connectivity index (χ2n) is 1.27. The van der Waals surface area contributed by atoms with Crippen LogP contribution in [0.2, 0.25) is 0 Å².